The van der Waals surface area contributed by atoms with Crippen LogP contribution >= 0.6 is 0 Å². The molecule has 0 amide bonds. The standard InChI is InChI=1S/C13H28O2Si/c1-4-5-6-7-8-9-11-14-12-10-13(2,3)15-16/h9,11H,4-8,10,12H2,1-3,16H3. The third-order valence-corrected chi connectivity index (χ3v) is 3.90. The van der Waals surface area contributed by atoms with Gasteiger partial charge in [0.05, 0.1) is 18.5 Å². The molecule has 3 heteroatoms. The minimum atomic E-state index is -0.0127. The second kappa shape index (κ2) is 9.91. The summed E-state index contributed by atoms with van der Waals surface area (Å²) in [4.78, 5) is 0. The van der Waals surface area contributed by atoms with E-state index in [-0.39, 0.29) is 5.60 Å². The fourth-order valence-electron chi connectivity index (χ4n) is 1.30. The molecule has 0 saturated heterocycles. The van der Waals surface area contributed by atoms with Gasteiger partial charge in [-0.15, -0.1) is 0 Å². The van der Waals surface area contributed by atoms with Crippen molar-refractivity contribution in [1.82, 2.24) is 0 Å². The Morgan fingerprint density at radius 2 is 1.94 bits per heavy atom. The Labute approximate surface area is 104 Å². The number of unbranched alkanes of at least 4 members (excludes halogenated alkanes) is 4. The van der Waals surface area contributed by atoms with Crippen molar-refractivity contribution >= 4 is 10.5 Å². The topological polar surface area (TPSA) is 18.5 Å². The van der Waals surface area contributed by atoms with E-state index in [0.29, 0.717) is 0 Å². The number of rotatable bonds is 10. The third kappa shape index (κ3) is 10.2. The van der Waals surface area contributed by atoms with Crippen LogP contribution in [0.4, 0.5) is 0 Å². The zero-order chi connectivity index (χ0) is 12.3. The van der Waals surface area contributed by atoms with Gasteiger partial charge in [-0.25, -0.2) is 0 Å². The average molecular weight is 244 g/mol. The van der Waals surface area contributed by atoms with Crippen molar-refractivity contribution in [2.75, 3.05) is 6.61 Å². The molecule has 0 aromatic rings. The predicted octanol–water partition coefficient (Wildman–Crippen LogP) is 2.95. The lowest BCUT2D eigenvalue weighted by Crippen LogP contribution is -2.24. The molecular formula is C13H28O2Si. The first-order chi connectivity index (χ1) is 7.62. The molecule has 0 atom stereocenters. The van der Waals surface area contributed by atoms with Crippen molar-refractivity contribution in [1.29, 1.82) is 0 Å². The lowest BCUT2D eigenvalue weighted by Gasteiger charge is -2.22. The van der Waals surface area contributed by atoms with Gasteiger partial charge < -0.3 is 9.16 Å². The second-order valence-electron chi connectivity index (χ2n) is 4.81. The quantitative estimate of drug-likeness (QED) is 0.334. The molecular weight excluding hydrogens is 216 g/mol. The van der Waals surface area contributed by atoms with E-state index >= 15 is 0 Å². The summed E-state index contributed by atoms with van der Waals surface area (Å²) in [6, 6.07) is 0. The van der Waals surface area contributed by atoms with Gasteiger partial charge in [-0.3, -0.25) is 0 Å². The van der Waals surface area contributed by atoms with Crippen molar-refractivity contribution in [3.63, 3.8) is 0 Å². The van der Waals surface area contributed by atoms with Crippen LogP contribution < -0.4 is 0 Å². The normalized spacial score (nSPS) is 12.4. The van der Waals surface area contributed by atoms with Crippen LogP contribution in [-0.4, -0.2) is 22.7 Å². The van der Waals surface area contributed by atoms with Crippen LogP contribution in [-0.2, 0) is 9.16 Å². The average Bonchev–Trinajstić information content (AvgIpc) is 2.27. The lowest BCUT2D eigenvalue weighted by atomic mass is 10.1. The fourth-order valence-corrected chi connectivity index (χ4v) is 1.50. The van der Waals surface area contributed by atoms with Gasteiger partial charge in [0.15, 0.2) is 0 Å². The van der Waals surface area contributed by atoms with Gasteiger partial charge in [0.2, 0.25) is 0 Å². The number of allylic oxidation sites excluding steroid dienone is 1. The first-order valence-electron chi connectivity index (χ1n) is 6.44. The molecule has 96 valence electrons. The molecule has 0 aromatic carbocycles. The zero-order valence-corrected chi connectivity index (χ0v) is 13.4. The molecule has 0 aliphatic carbocycles. The fraction of sp³-hybridized carbons (Fsp3) is 0.846. The summed E-state index contributed by atoms with van der Waals surface area (Å²) >= 11 is 0. The van der Waals surface area contributed by atoms with E-state index < -0.39 is 0 Å². The van der Waals surface area contributed by atoms with Crippen LogP contribution in [0.2, 0.25) is 0 Å². The van der Waals surface area contributed by atoms with Crippen LogP contribution in [0.3, 0.4) is 0 Å². The van der Waals surface area contributed by atoms with Crippen LogP contribution in [0.25, 0.3) is 0 Å². The molecule has 0 aliphatic heterocycles. The molecule has 0 radical (unpaired) electrons. The highest BCUT2D eigenvalue weighted by atomic mass is 28.2. The SMILES string of the molecule is CCCCCCC=COCCC(C)(C)O[SiH3]. The molecule has 0 rings (SSSR count). The smallest absolute Gasteiger partial charge is 0.146 e. The van der Waals surface area contributed by atoms with E-state index in [4.69, 9.17) is 9.16 Å². The maximum atomic E-state index is 5.44. The second-order valence-corrected chi connectivity index (χ2v) is 5.21. The van der Waals surface area contributed by atoms with E-state index in [1.165, 1.54) is 25.7 Å². The number of ether oxygens (including phenoxy) is 1. The van der Waals surface area contributed by atoms with E-state index in [1.54, 1.807) is 0 Å². The summed E-state index contributed by atoms with van der Waals surface area (Å²) in [6.07, 6.45) is 11.3. The molecule has 0 aromatic heterocycles. The summed E-state index contributed by atoms with van der Waals surface area (Å²) in [5.74, 6) is 0. The summed E-state index contributed by atoms with van der Waals surface area (Å²) in [5, 5.41) is 0. The molecule has 0 saturated carbocycles. The van der Waals surface area contributed by atoms with Gasteiger partial charge in [-0.1, -0.05) is 26.2 Å². The largest absolute Gasteiger partial charge is 0.501 e. The van der Waals surface area contributed by atoms with E-state index in [9.17, 15) is 0 Å². The van der Waals surface area contributed by atoms with Crippen LogP contribution in [0.5, 0.6) is 0 Å². The Morgan fingerprint density at radius 3 is 2.56 bits per heavy atom. The van der Waals surface area contributed by atoms with Crippen molar-refractivity contribution in [2.45, 2.75) is 64.9 Å². The van der Waals surface area contributed by atoms with Gasteiger partial charge in [-0.05, 0) is 32.8 Å². The predicted molar refractivity (Wildman–Crippen MR) is 73.6 cm³/mol. The highest BCUT2D eigenvalue weighted by Crippen LogP contribution is 2.12. The first-order valence-corrected chi connectivity index (χ1v) is 7.26. The molecule has 0 N–H and O–H groups in total. The van der Waals surface area contributed by atoms with E-state index in [0.717, 1.165) is 29.9 Å². The Kier molecular flexibility index (Phi) is 9.73. The highest BCUT2D eigenvalue weighted by Gasteiger charge is 2.14. The monoisotopic (exact) mass is 244 g/mol. The summed E-state index contributed by atoms with van der Waals surface area (Å²) in [5.41, 5.74) is -0.0127. The minimum absolute atomic E-state index is 0.0127. The van der Waals surface area contributed by atoms with Gasteiger partial charge in [0, 0.05) is 6.42 Å². The molecule has 0 unspecified atom stereocenters. The van der Waals surface area contributed by atoms with Crippen molar-refractivity contribution < 1.29 is 9.16 Å². The lowest BCUT2D eigenvalue weighted by molar-refractivity contribution is 0.0815. The summed E-state index contributed by atoms with van der Waals surface area (Å²) in [6.45, 7) is 7.20. The maximum Gasteiger partial charge on any atom is 0.146 e. The summed E-state index contributed by atoms with van der Waals surface area (Å²) < 4.78 is 10.9. The van der Waals surface area contributed by atoms with Crippen molar-refractivity contribution in [2.24, 2.45) is 0 Å². The van der Waals surface area contributed by atoms with Gasteiger partial charge in [0.1, 0.15) is 10.5 Å². The molecule has 0 fully saturated rings. The molecule has 0 heterocycles. The molecule has 0 aliphatic rings. The molecule has 2 nitrogen and oxygen atoms in total. The van der Waals surface area contributed by atoms with Crippen LogP contribution in [0.15, 0.2) is 12.3 Å². The van der Waals surface area contributed by atoms with E-state index in [2.05, 4.69) is 26.8 Å². The third-order valence-electron chi connectivity index (χ3n) is 2.79. The first kappa shape index (κ1) is 15.7. The molecule has 0 bridgehead atoms. The van der Waals surface area contributed by atoms with Gasteiger partial charge in [0.25, 0.3) is 0 Å². The van der Waals surface area contributed by atoms with Crippen LogP contribution in [0.1, 0.15) is 59.3 Å². The van der Waals surface area contributed by atoms with E-state index in [1.807, 2.05) is 6.26 Å². The number of hydrogen-bond acceptors (Lipinski definition) is 2. The minimum Gasteiger partial charge on any atom is -0.501 e. The highest BCUT2D eigenvalue weighted by molar-refractivity contribution is 5.98. The molecule has 16 heavy (non-hydrogen) atoms. The molecule has 0 spiro atoms. The van der Waals surface area contributed by atoms with Gasteiger partial charge >= 0.3 is 0 Å². The van der Waals surface area contributed by atoms with Gasteiger partial charge in [-0.2, -0.15) is 0 Å². The van der Waals surface area contributed by atoms with Crippen molar-refractivity contribution in [3.8, 4) is 0 Å². The Balaban J connectivity index is 3.28. The zero-order valence-electron chi connectivity index (χ0n) is 11.4. The number of hydrogen-bond donors (Lipinski definition) is 0. The van der Waals surface area contributed by atoms with Crippen molar-refractivity contribution in [3.05, 3.63) is 12.3 Å². The Bertz CT molecular complexity index is 179. The van der Waals surface area contributed by atoms with Crippen LogP contribution in [0, 0.1) is 0 Å². The summed E-state index contributed by atoms with van der Waals surface area (Å²) in [7, 11) is 0.795. The maximum absolute atomic E-state index is 5.44. The Morgan fingerprint density at radius 1 is 1.19 bits per heavy atom. The Hall–Kier alpha value is -0.283.